The molecule has 1 unspecified atom stereocenters. The van der Waals surface area contributed by atoms with Gasteiger partial charge in [0.25, 0.3) is 0 Å². The Balaban J connectivity index is 0. The van der Waals surface area contributed by atoms with E-state index in [4.69, 9.17) is 11.5 Å². The van der Waals surface area contributed by atoms with Crippen molar-refractivity contribution in [2.45, 2.75) is 19.4 Å². The number of amides is 1. The van der Waals surface area contributed by atoms with Gasteiger partial charge in [0.15, 0.2) is 0 Å². The minimum absolute atomic E-state index is 0. The first-order chi connectivity index (χ1) is 4.66. The van der Waals surface area contributed by atoms with Gasteiger partial charge in [0.1, 0.15) is 0 Å². The van der Waals surface area contributed by atoms with Crippen molar-refractivity contribution < 1.29 is 4.79 Å². The summed E-state index contributed by atoms with van der Waals surface area (Å²) in [5, 5.41) is 2.64. The van der Waals surface area contributed by atoms with Gasteiger partial charge in [-0.25, -0.2) is 0 Å². The summed E-state index contributed by atoms with van der Waals surface area (Å²) in [6.45, 7) is 2.76. The Morgan fingerprint density at radius 3 is 2.55 bits per heavy atom. The minimum atomic E-state index is -0.0280. The summed E-state index contributed by atoms with van der Waals surface area (Å²) in [4.78, 5) is 10.7. The third-order valence-corrected chi connectivity index (χ3v) is 0.993. The molecule has 0 aliphatic rings. The van der Waals surface area contributed by atoms with Crippen molar-refractivity contribution in [1.82, 2.24) is 5.32 Å². The fourth-order valence-electron chi connectivity index (χ4n) is 0.494. The van der Waals surface area contributed by atoms with Crippen molar-refractivity contribution in [2.75, 3.05) is 13.1 Å². The number of carbonyl (C=O) groups is 1. The molecule has 0 aliphatic heterocycles. The molecule has 0 bridgehead atoms. The molecule has 0 aromatic carbocycles. The van der Waals surface area contributed by atoms with Crippen LogP contribution in [0, 0.1) is 0 Å². The summed E-state index contributed by atoms with van der Waals surface area (Å²) in [5.74, 6) is -0.0280. The highest BCUT2D eigenvalue weighted by Gasteiger charge is 1.98. The van der Waals surface area contributed by atoms with Gasteiger partial charge in [-0.1, -0.05) is 0 Å². The Bertz CT molecular complexity index is 108. The summed E-state index contributed by atoms with van der Waals surface area (Å²) >= 11 is 0. The predicted octanol–water partition coefficient (Wildman–Crippen LogP) is -0.780. The van der Waals surface area contributed by atoms with Gasteiger partial charge in [-0.3, -0.25) is 4.79 Å². The van der Waals surface area contributed by atoms with E-state index in [0.717, 1.165) is 0 Å². The molecule has 0 rings (SSSR count). The lowest BCUT2D eigenvalue weighted by Crippen LogP contribution is -2.35. The zero-order valence-electron chi connectivity index (χ0n) is 6.67. The molecule has 0 heterocycles. The standard InChI is InChI=1S/C6H15N3O.ClH/c1-5(8)4-9-6(10)2-3-7;/h5H,2-4,7-8H2,1H3,(H,9,10);1H. The van der Waals surface area contributed by atoms with Gasteiger partial charge in [0.2, 0.25) is 5.91 Å². The van der Waals surface area contributed by atoms with E-state index in [9.17, 15) is 4.79 Å². The fourth-order valence-corrected chi connectivity index (χ4v) is 0.494. The maximum Gasteiger partial charge on any atom is 0.221 e. The summed E-state index contributed by atoms with van der Waals surface area (Å²) in [7, 11) is 0. The van der Waals surface area contributed by atoms with Crippen molar-refractivity contribution in [3.05, 3.63) is 0 Å². The Labute approximate surface area is 73.1 Å². The average molecular weight is 182 g/mol. The lowest BCUT2D eigenvalue weighted by Gasteiger charge is -2.05. The van der Waals surface area contributed by atoms with Gasteiger partial charge in [0.05, 0.1) is 0 Å². The molecule has 0 radical (unpaired) electrons. The van der Waals surface area contributed by atoms with Gasteiger partial charge >= 0.3 is 0 Å². The molecule has 1 atom stereocenters. The highest BCUT2D eigenvalue weighted by Crippen LogP contribution is 1.75. The third kappa shape index (κ3) is 9.68. The predicted molar refractivity (Wildman–Crippen MR) is 47.6 cm³/mol. The van der Waals surface area contributed by atoms with Crippen molar-refractivity contribution >= 4 is 18.3 Å². The highest BCUT2D eigenvalue weighted by molar-refractivity contribution is 5.85. The van der Waals surface area contributed by atoms with Gasteiger partial charge < -0.3 is 16.8 Å². The van der Waals surface area contributed by atoms with Gasteiger partial charge in [-0.05, 0) is 6.92 Å². The smallest absolute Gasteiger partial charge is 0.221 e. The van der Waals surface area contributed by atoms with E-state index in [0.29, 0.717) is 19.5 Å². The third-order valence-electron chi connectivity index (χ3n) is 0.993. The van der Waals surface area contributed by atoms with Crippen LogP contribution in [0.2, 0.25) is 0 Å². The molecule has 0 fully saturated rings. The second kappa shape index (κ2) is 7.78. The number of hydrogen-bond acceptors (Lipinski definition) is 3. The van der Waals surface area contributed by atoms with E-state index in [1.807, 2.05) is 6.92 Å². The zero-order valence-corrected chi connectivity index (χ0v) is 7.49. The SMILES string of the molecule is CC(N)CNC(=O)CCN.Cl. The van der Waals surface area contributed by atoms with E-state index in [2.05, 4.69) is 5.32 Å². The second-order valence-corrected chi connectivity index (χ2v) is 2.32. The first-order valence-corrected chi connectivity index (χ1v) is 3.39. The molecule has 5 heteroatoms. The molecule has 0 saturated heterocycles. The van der Waals surface area contributed by atoms with Crippen molar-refractivity contribution in [3.8, 4) is 0 Å². The van der Waals surface area contributed by atoms with E-state index in [1.165, 1.54) is 0 Å². The van der Waals surface area contributed by atoms with Crippen LogP contribution in [0.3, 0.4) is 0 Å². The largest absolute Gasteiger partial charge is 0.355 e. The molecule has 0 saturated carbocycles. The molecule has 68 valence electrons. The summed E-state index contributed by atoms with van der Waals surface area (Å²) in [5.41, 5.74) is 10.5. The Morgan fingerprint density at radius 2 is 2.18 bits per heavy atom. The summed E-state index contributed by atoms with van der Waals surface area (Å²) in [6, 6.07) is 0.0155. The van der Waals surface area contributed by atoms with E-state index < -0.39 is 0 Å². The Morgan fingerprint density at radius 1 is 1.64 bits per heavy atom. The van der Waals surface area contributed by atoms with E-state index >= 15 is 0 Å². The summed E-state index contributed by atoms with van der Waals surface area (Å²) in [6.07, 6.45) is 0.382. The number of carbonyl (C=O) groups excluding carboxylic acids is 1. The Kier molecular flexibility index (Phi) is 9.40. The first kappa shape index (κ1) is 13.3. The van der Waals surface area contributed by atoms with Crippen molar-refractivity contribution in [2.24, 2.45) is 11.5 Å². The maximum absolute atomic E-state index is 10.7. The van der Waals surface area contributed by atoms with Crippen LogP contribution in [0.1, 0.15) is 13.3 Å². The van der Waals surface area contributed by atoms with Gasteiger partial charge in [-0.15, -0.1) is 12.4 Å². The van der Waals surface area contributed by atoms with Gasteiger partial charge in [-0.2, -0.15) is 0 Å². The topological polar surface area (TPSA) is 81.1 Å². The fraction of sp³-hybridized carbons (Fsp3) is 0.833. The van der Waals surface area contributed by atoms with Crippen LogP contribution in [-0.2, 0) is 4.79 Å². The van der Waals surface area contributed by atoms with Crippen LogP contribution in [0.15, 0.2) is 0 Å². The molecule has 0 spiro atoms. The van der Waals surface area contributed by atoms with E-state index in [-0.39, 0.29) is 24.4 Å². The van der Waals surface area contributed by atoms with Crippen LogP contribution in [0.25, 0.3) is 0 Å². The minimum Gasteiger partial charge on any atom is -0.355 e. The van der Waals surface area contributed by atoms with Crippen LogP contribution in [0.4, 0.5) is 0 Å². The van der Waals surface area contributed by atoms with Crippen molar-refractivity contribution in [1.29, 1.82) is 0 Å². The molecule has 0 aromatic rings. The molecule has 4 nitrogen and oxygen atoms in total. The van der Waals surface area contributed by atoms with Crippen LogP contribution in [0.5, 0.6) is 0 Å². The quantitative estimate of drug-likeness (QED) is 0.532. The second-order valence-electron chi connectivity index (χ2n) is 2.32. The molecule has 1 amide bonds. The average Bonchev–Trinajstić information content (AvgIpc) is 1.85. The monoisotopic (exact) mass is 181 g/mol. The van der Waals surface area contributed by atoms with Crippen LogP contribution < -0.4 is 16.8 Å². The zero-order chi connectivity index (χ0) is 7.98. The molecule has 0 aliphatic carbocycles. The summed E-state index contributed by atoms with van der Waals surface area (Å²) < 4.78 is 0. The molecular formula is C6H16ClN3O. The van der Waals surface area contributed by atoms with Gasteiger partial charge in [0, 0.05) is 25.6 Å². The number of nitrogens with two attached hydrogens (primary N) is 2. The first-order valence-electron chi connectivity index (χ1n) is 3.39. The molecular weight excluding hydrogens is 166 g/mol. The Hall–Kier alpha value is -0.320. The lowest BCUT2D eigenvalue weighted by atomic mass is 10.3. The van der Waals surface area contributed by atoms with Crippen molar-refractivity contribution in [3.63, 3.8) is 0 Å². The number of nitrogens with one attached hydrogen (secondary N) is 1. The van der Waals surface area contributed by atoms with Crippen LogP contribution in [-0.4, -0.2) is 25.0 Å². The normalized spacial score (nSPS) is 11.5. The maximum atomic E-state index is 10.7. The molecule has 5 N–H and O–H groups in total. The number of hydrogen-bond donors (Lipinski definition) is 3. The lowest BCUT2D eigenvalue weighted by molar-refractivity contribution is -0.120. The highest BCUT2D eigenvalue weighted by atomic mass is 35.5. The van der Waals surface area contributed by atoms with E-state index in [1.54, 1.807) is 0 Å². The molecule has 0 aromatic heterocycles. The number of rotatable bonds is 4. The molecule has 11 heavy (non-hydrogen) atoms. The van der Waals surface area contributed by atoms with Crippen LogP contribution >= 0.6 is 12.4 Å². The number of halogens is 1.